The zero-order chi connectivity index (χ0) is 5.98. The van der Waals surface area contributed by atoms with Crippen molar-refractivity contribution in [1.29, 1.82) is 0 Å². The molecule has 1 rings (SSSR count). The molecular formula is C3H6N2O3. The summed E-state index contributed by atoms with van der Waals surface area (Å²) in [4.78, 5) is 14.1. The minimum absolute atomic E-state index is 0.188. The molecule has 5 heteroatoms. The van der Waals surface area contributed by atoms with Crippen LogP contribution in [-0.2, 0) is 4.84 Å². The molecule has 8 heavy (non-hydrogen) atoms. The van der Waals surface area contributed by atoms with E-state index in [2.05, 4.69) is 10.3 Å². The smallest absolute Gasteiger partial charge is 0.252 e. The minimum Gasteiger partial charge on any atom is -0.294 e. The van der Waals surface area contributed by atoms with Gasteiger partial charge in [0, 0.05) is 4.92 Å². The van der Waals surface area contributed by atoms with Gasteiger partial charge in [-0.3, -0.25) is 15.0 Å². The molecule has 0 aromatic heterocycles. The van der Waals surface area contributed by atoms with Crippen molar-refractivity contribution in [2.45, 2.75) is 6.04 Å². The Morgan fingerprint density at radius 3 is 2.88 bits per heavy atom. The lowest BCUT2D eigenvalue weighted by Crippen LogP contribution is -2.23. The first-order chi connectivity index (χ1) is 3.80. The van der Waals surface area contributed by atoms with Crippen LogP contribution >= 0.6 is 0 Å². The molecule has 1 unspecified atom stereocenters. The monoisotopic (exact) mass is 118 g/mol. The van der Waals surface area contributed by atoms with E-state index in [1.54, 1.807) is 0 Å². The van der Waals surface area contributed by atoms with Crippen molar-refractivity contribution in [3.63, 3.8) is 0 Å². The Hall–Kier alpha value is -0.680. The molecule has 0 aliphatic carbocycles. The van der Waals surface area contributed by atoms with Crippen LogP contribution in [0.15, 0.2) is 0 Å². The summed E-state index contributed by atoms with van der Waals surface area (Å²) in [6.07, 6.45) is 0. The summed E-state index contributed by atoms with van der Waals surface area (Å²) in [6.45, 7) is 0.514. The number of nitrogens with one attached hydrogen (secondary N) is 1. The third-order valence-electron chi connectivity index (χ3n) is 0.995. The van der Waals surface area contributed by atoms with Gasteiger partial charge in [-0.2, -0.15) is 5.48 Å². The van der Waals surface area contributed by atoms with Crippen molar-refractivity contribution in [3.8, 4) is 0 Å². The molecule has 0 saturated carbocycles. The highest BCUT2D eigenvalue weighted by Gasteiger charge is 2.25. The molecule has 1 atom stereocenters. The summed E-state index contributed by atoms with van der Waals surface area (Å²) < 4.78 is 0. The Bertz CT molecular complexity index is 98.7. The van der Waals surface area contributed by atoms with E-state index >= 15 is 0 Å². The molecule has 1 aliphatic rings. The van der Waals surface area contributed by atoms with Gasteiger partial charge in [0.25, 0.3) is 6.04 Å². The van der Waals surface area contributed by atoms with Gasteiger partial charge in [0.05, 0.1) is 6.54 Å². The average Bonchev–Trinajstić information content (AvgIpc) is 2.12. The van der Waals surface area contributed by atoms with Crippen molar-refractivity contribution in [2.75, 3.05) is 13.2 Å². The van der Waals surface area contributed by atoms with Gasteiger partial charge in [-0.05, 0) is 0 Å². The second-order valence-corrected chi connectivity index (χ2v) is 1.60. The van der Waals surface area contributed by atoms with Crippen LogP contribution in [0.5, 0.6) is 0 Å². The second kappa shape index (κ2) is 2.06. The quantitative estimate of drug-likeness (QED) is 0.360. The molecule has 0 amide bonds. The molecule has 0 bridgehead atoms. The van der Waals surface area contributed by atoms with E-state index in [4.69, 9.17) is 0 Å². The predicted molar refractivity (Wildman–Crippen MR) is 24.7 cm³/mol. The van der Waals surface area contributed by atoms with Gasteiger partial charge in [0.15, 0.2) is 0 Å². The van der Waals surface area contributed by atoms with Crippen LogP contribution in [0.2, 0.25) is 0 Å². The van der Waals surface area contributed by atoms with Crippen LogP contribution in [0, 0.1) is 10.1 Å². The maximum atomic E-state index is 9.89. The fourth-order valence-electron chi connectivity index (χ4n) is 0.505. The first kappa shape index (κ1) is 5.46. The molecule has 0 spiro atoms. The molecule has 0 aromatic rings. The molecule has 5 nitrogen and oxygen atoms in total. The largest absolute Gasteiger partial charge is 0.294 e. The lowest BCUT2D eigenvalue weighted by Gasteiger charge is -1.92. The van der Waals surface area contributed by atoms with Crippen LogP contribution < -0.4 is 5.48 Å². The summed E-state index contributed by atoms with van der Waals surface area (Å²) in [6, 6.07) is -0.546. The SMILES string of the molecule is O=[N+]([O-])C1CNOC1. The lowest BCUT2D eigenvalue weighted by atomic mass is 10.4. The molecule has 1 saturated heterocycles. The summed E-state index contributed by atoms with van der Waals surface area (Å²) in [5.41, 5.74) is 2.41. The highest BCUT2D eigenvalue weighted by Crippen LogP contribution is 1.94. The lowest BCUT2D eigenvalue weighted by molar-refractivity contribution is -0.516. The summed E-state index contributed by atoms with van der Waals surface area (Å²) in [5.74, 6) is 0. The fourth-order valence-corrected chi connectivity index (χ4v) is 0.505. The van der Waals surface area contributed by atoms with Gasteiger partial charge in [-0.25, -0.2) is 0 Å². The molecule has 1 fully saturated rings. The van der Waals surface area contributed by atoms with Gasteiger partial charge >= 0.3 is 0 Å². The van der Waals surface area contributed by atoms with Crippen molar-refractivity contribution in [1.82, 2.24) is 5.48 Å². The number of hydrogen-bond donors (Lipinski definition) is 1. The molecule has 0 radical (unpaired) electrons. The summed E-state index contributed by atoms with van der Waals surface area (Å²) >= 11 is 0. The normalized spacial score (nSPS) is 28.2. The average molecular weight is 118 g/mol. The molecular weight excluding hydrogens is 112 g/mol. The standard InChI is InChI=1S/C3H6N2O3/c6-5(7)3-1-4-8-2-3/h3-4H,1-2H2. The number of nitrogens with zero attached hydrogens (tertiary/aromatic N) is 1. The molecule has 1 aliphatic heterocycles. The molecule has 1 N–H and O–H groups in total. The van der Waals surface area contributed by atoms with Crippen LogP contribution in [0.4, 0.5) is 0 Å². The Morgan fingerprint density at radius 1 is 1.88 bits per heavy atom. The van der Waals surface area contributed by atoms with Crippen molar-refractivity contribution in [3.05, 3.63) is 10.1 Å². The van der Waals surface area contributed by atoms with E-state index in [9.17, 15) is 10.1 Å². The highest BCUT2D eigenvalue weighted by atomic mass is 16.7. The number of nitro groups is 1. The number of hydrogen-bond acceptors (Lipinski definition) is 4. The van der Waals surface area contributed by atoms with E-state index < -0.39 is 6.04 Å². The second-order valence-electron chi connectivity index (χ2n) is 1.60. The highest BCUT2D eigenvalue weighted by molar-refractivity contribution is 4.59. The third-order valence-corrected chi connectivity index (χ3v) is 0.995. The van der Waals surface area contributed by atoms with E-state index in [-0.39, 0.29) is 11.5 Å². The Labute approximate surface area is 45.7 Å². The maximum absolute atomic E-state index is 9.89. The van der Waals surface area contributed by atoms with Gasteiger partial charge in [-0.1, -0.05) is 0 Å². The summed E-state index contributed by atoms with van der Waals surface area (Å²) in [5, 5.41) is 9.89. The predicted octanol–water partition coefficient (Wildman–Crippen LogP) is -0.834. The first-order valence-electron chi connectivity index (χ1n) is 2.29. The van der Waals surface area contributed by atoms with E-state index in [0.29, 0.717) is 6.54 Å². The molecule has 0 aromatic carbocycles. The van der Waals surface area contributed by atoms with Crippen LogP contribution in [0.3, 0.4) is 0 Å². The number of hydroxylamine groups is 1. The van der Waals surface area contributed by atoms with Crippen molar-refractivity contribution < 1.29 is 9.76 Å². The van der Waals surface area contributed by atoms with Crippen LogP contribution in [0.1, 0.15) is 0 Å². The van der Waals surface area contributed by atoms with Crippen LogP contribution in [-0.4, -0.2) is 24.1 Å². The summed E-state index contributed by atoms with van der Waals surface area (Å²) in [7, 11) is 0. The van der Waals surface area contributed by atoms with Gasteiger partial charge in [0.2, 0.25) is 0 Å². The Kier molecular flexibility index (Phi) is 1.40. The van der Waals surface area contributed by atoms with E-state index in [1.807, 2.05) is 0 Å². The maximum Gasteiger partial charge on any atom is 0.252 e. The fraction of sp³-hybridized carbons (Fsp3) is 1.00. The minimum atomic E-state index is -0.546. The zero-order valence-corrected chi connectivity index (χ0v) is 4.16. The third kappa shape index (κ3) is 0.932. The number of rotatable bonds is 1. The van der Waals surface area contributed by atoms with Gasteiger partial charge in [-0.15, -0.1) is 0 Å². The first-order valence-corrected chi connectivity index (χ1v) is 2.29. The van der Waals surface area contributed by atoms with Crippen molar-refractivity contribution >= 4 is 0 Å². The molecule has 46 valence electrons. The van der Waals surface area contributed by atoms with Gasteiger partial charge in [0.1, 0.15) is 6.61 Å². The zero-order valence-electron chi connectivity index (χ0n) is 4.16. The molecule has 1 heterocycles. The van der Waals surface area contributed by atoms with Gasteiger partial charge < -0.3 is 0 Å². The van der Waals surface area contributed by atoms with Crippen LogP contribution in [0.25, 0.3) is 0 Å². The Balaban J connectivity index is 2.35. The Morgan fingerprint density at radius 2 is 2.62 bits per heavy atom. The van der Waals surface area contributed by atoms with E-state index in [0.717, 1.165) is 0 Å². The van der Waals surface area contributed by atoms with E-state index in [1.165, 1.54) is 0 Å². The topological polar surface area (TPSA) is 64.4 Å². The van der Waals surface area contributed by atoms with Crippen molar-refractivity contribution in [2.24, 2.45) is 0 Å².